The lowest BCUT2D eigenvalue weighted by atomic mass is 10.00. The number of aliphatic hydroxyl groups is 1. The van der Waals surface area contributed by atoms with Crippen LogP contribution in [0.5, 0.6) is 0 Å². The summed E-state index contributed by atoms with van der Waals surface area (Å²) in [4.78, 5) is 72.2. The van der Waals surface area contributed by atoms with Gasteiger partial charge in [0.05, 0.1) is 26.4 Å². The van der Waals surface area contributed by atoms with Crippen LogP contribution >= 0.6 is 15.6 Å². The zero-order valence-electron chi connectivity index (χ0n) is 55.1. The van der Waals surface area contributed by atoms with Crippen LogP contribution in [0.25, 0.3) is 0 Å². The van der Waals surface area contributed by atoms with Crippen molar-refractivity contribution in [2.75, 3.05) is 39.6 Å². The number of unbranched alkanes of at least 4 members (excludes halogenated alkanes) is 31. The minimum absolute atomic E-state index is 0.102. The summed E-state index contributed by atoms with van der Waals surface area (Å²) >= 11 is 0. The Morgan fingerprint density at radius 1 is 0.341 bits per heavy atom. The predicted octanol–water partition coefficient (Wildman–Crippen LogP) is 18.3. The third-order valence-electron chi connectivity index (χ3n) is 15.5. The lowest BCUT2D eigenvalue weighted by molar-refractivity contribution is -0.161. The molecule has 17 nitrogen and oxygen atoms in total. The van der Waals surface area contributed by atoms with E-state index in [0.29, 0.717) is 31.6 Å². The average Bonchev–Trinajstić information content (AvgIpc) is 3.57. The Balaban J connectivity index is 5.20. The molecule has 0 aromatic rings. The summed E-state index contributed by atoms with van der Waals surface area (Å²) in [5.41, 5.74) is 0. The molecule has 0 amide bonds. The predicted molar refractivity (Wildman–Crippen MR) is 340 cm³/mol. The molecule has 0 aliphatic heterocycles. The first kappa shape index (κ1) is 83.1. The summed E-state index contributed by atoms with van der Waals surface area (Å²) in [5, 5.41) is 10.5. The highest BCUT2D eigenvalue weighted by Crippen LogP contribution is 2.45. The van der Waals surface area contributed by atoms with Crippen LogP contribution < -0.4 is 0 Å². The first-order valence-corrected chi connectivity index (χ1v) is 37.4. The quantitative estimate of drug-likeness (QED) is 0.0222. The normalized spacial score (nSPS) is 14.6. The molecule has 6 atom stereocenters. The number of hydrogen-bond donors (Lipinski definition) is 3. The van der Waals surface area contributed by atoms with Gasteiger partial charge in [-0.15, -0.1) is 0 Å². The van der Waals surface area contributed by atoms with Gasteiger partial charge in [0.15, 0.2) is 12.2 Å². The van der Waals surface area contributed by atoms with E-state index in [1.165, 1.54) is 122 Å². The second-order valence-electron chi connectivity index (χ2n) is 25.1. The van der Waals surface area contributed by atoms with E-state index in [1.807, 2.05) is 0 Å². The summed E-state index contributed by atoms with van der Waals surface area (Å²) in [7, 11) is -9.89. The Hall–Kier alpha value is -1.94. The van der Waals surface area contributed by atoms with Gasteiger partial charge in [-0.1, -0.05) is 273 Å². The number of phosphoric ester groups is 2. The Morgan fingerprint density at radius 2 is 0.600 bits per heavy atom. The van der Waals surface area contributed by atoms with Crippen molar-refractivity contribution in [1.29, 1.82) is 0 Å². The molecule has 0 radical (unpaired) electrons. The molecule has 0 aliphatic rings. The summed E-state index contributed by atoms with van der Waals surface area (Å²) in [6.07, 6.45) is 39.1. The van der Waals surface area contributed by atoms with Gasteiger partial charge in [0.25, 0.3) is 0 Å². The second-order valence-corrected chi connectivity index (χ2v) is 28.0. The second kappa shape index (κ2) is 57.2. The summed E-state index contributed by atoms with van der Waals surface area (Å²) < 4.78 is 68.0. The van der Waals surface area contributed by atoms with Crippen LogP contribution in [0.3, 0.4) is 0 Å². The largest absolute Gasteiger partial charge is 0.472 e. The van der Waals surface area contributed by atoms with E-state index < -0.39 is 97.5 Å². The van der Waals surface area contributed by atoms with Crippen LogP contribution in [0, 0.1) is 17.8 Å². The molecule has 0 rings (SSSR count). The lowest BCUT2D eigenvalue weighted by Gasteiger charge is -2.21. The molecule has 0 spiro atoms. The molecule has 0 fully saturated rings. The number of ether oxygens (including phenoxy) is 4. The topological polar surface area (TPSA) is 237 Å². The molecule has 0 aromatic heterocycles. The van der Waals surface area contributed by atoms with Gasteiger partial charge in [-0.25, -0.2) is 9.13 Å². The molecule has 0 bridgehead atoms. The fourth-order valence-corrected chi connectivity index (χ4v) is 11.4. The van der Waals surface area contributed by atoms with Crippen molar-refractivity contribution < 1.29 is 80.2 Å². The Labute approximate surface area is 517 Å². The van der Waals surface area contributed by atoms with Crippen molar-refractivity contribution in [3.63, 3.8) is 0 Å². The molecule has 3 unspecified atom stereocenters. The summed E-state index contributed by atoms with van der Waals surface area (Å²) in [5.74, 6) is 0.0824. The van der Waals surface area contributed by atoms with E-state index in [0.717, 1.165) is 115 Å². The van der Waals surface area contributed by atoms with Crippen molar-refractivity contribution in [3.05, 3.63) is 0 Å². The number of carbonyl (C=O) groups is 4. The molecule has 504 valence electrons. The van der Waals surface area contributed by atoms with E-state index in [-0.39, 0.29) is 25.7 Å². The lowest BCUT2D eigenvalue weighted by Crippen LogP contribution is -2.30. The molecule has 3 N–H and O–H groups in total. The molecule has 0 saturated carbocycles. The molecule has 19 heteroatoms. The number of hydrogen-bond acceptors (Lipinski definition) is 15. The highest BCUT2D eigenvalue weighted by Gasteiger charge is 2.30. The molecule has 0 saturated heterocycles. The Bertz CT molecular complexity index is 1680. The number of carbonyl (C=O) groups excluding carboxylic acids is 4. The van der Waals surface area contributed by atoms with Gasteiger partial charge in [-0.3, -0.25) is 37.3 Å². The molecule has 0 heterocycles. The fraction of sp³-hybridized carbons (Fsp3) is 0.939. The third kappa shape index (κ3) is 59.5. The van der Waals surface area contributed by atoms with Gasteiger partial charge in [0.2, 0.25) is 0 Å². The minimum Gasteiger partial charge on any atom is -0.462 e. The number of aliphatic hydroxyl groups excluding tert-OH is 1. The minimum atomic E-state index is -4.95. The number of rotatable bonds is 64. The first-order valence-electron chi connectivity index (χ1n) is 34.4. The van der Waals surface area contributed by atoms with Gasteiger partial charge in [0.1, 0.15) is 19.3 Å². The molecule has 0 aliphatic carbocycles. The number of esters is 4. The van der Waals surface area contributed by atoms with E-state index in [9.17, 15) is 43.2 Å². The number of phosphoric acid groups is 2. The Morgan fingerprint density at radius 3 is 0.894 bits per heavy atom. The highest BCUT2D eigenvalue weighted by atomic mass is 31.2. The maximum absolute atomic E-state index is 13.0. The van der Waals surface area contributed by atoms with Gasteiger partial charge in [0, 0.05) is 25.7 Å². The van der Waals surface area contributed by atoms with Crippen LogP contribution in [-0.2, 0) is 65.4 Å². The molecular formula is C66H128O17P2. The van der Waals surface area contributed by atoms with E-state index >= 15 is 0 Å². The summed E-state index contributed by atoms with van der Waals surface area (Å²) in [6, 6.07) is 0. The van der Waals surface area contributed by atoms with Gasteiger partial charge in [-0.05, 0) is 43.4 Å². The highest BCUT2D eigenvalue weighted by molar-refractivity contribution is 7.47. The van der Waals surface area contributed by atoms with Crippen molar-refractivity contribution in [1.82, 2.24) is 0 Å². The maximum Gasteiger partial charge on any atom is 0.472 e. The third-order valence-corrected chi connectivity index (χ3v) is 17.4. The van der Waals surface area contributed by atoms with Gasteiger partial charge in [-0.2, -0.15) is 0 Å². The van der Waals surface area contributed by atoms with Crippen molar-refractivity contribution in [3.8, 4) is 0 Å². The van der Waals surface area contributed by atoms with Crippen LogP contribution in [0.4, 0.5) is 0 Å². The average molecular weight is 1260 g/mol. The van der Waals surface area contributed by atoms with E-state index in [2.05, 4.69) is 48.5 Å². The standard InChI is InChI=1S/C66H128O17P2/c1-8-10-11-12-13-25-33-40-47-63(68)76-54-62(83-66(71)50-43-36-29-28-32-39-46-59(7)9-2)56-81-85(74,75)79-52-60(67)51-78-84(72,73)80-55-61(53-77-64(69)48-41-34-27-22-24-31-38-45-58(5)6)82-65(70)49-42-35-26-21-19-17-15-14-16-18-20-23-30-37-44-57(3)4/h57-62,67H,8-56H2,1-7H3,(H,72,73)(H,74,75)/t59?,60-,61-,62-/m1/s1. The maximum atomic E-state index is 13.0. The van der Waals surface area contributed by atoms with Crippen LogP contribution in [0.2, 0.25) is 0 Å². The van der Waals surface area contributed by atoms with Gasteiger partial charge < -0.3 is 33.8 Å². The van der Waals surface area contributed by atoms with Crippen molar-refractivity contribution in [2.45, 2.75) is 343 Å². The zero-order chi connectivity index (χ0) is 63.1. The van der Waals surface area contributed by atoms with Crippen LogP contribution in [0.15, 0.2) is 0 Å². The van der Waals surface area contributed by atoms with Crippen molar-refractivity contribution >= 4 is 39.5 Å². The zero-order valence-corrected chi connectivity index (χ0v) is 56.9. The van der Waals surface area contributed by atoms with Crippen molar-refractivity contribution in [2.24, 2.45) is 17.8 Å². The molecular weight excluding hydrogens is 1130 g/mol. The summed E-state index contributed by atoms with van der Waals surface area (Å²) in [6.45, 7) is 11.7. The Kier molecular flexibility index (Phi) is 55.9. The van der Waals surface area contributed by atoms with Gasteiger partial charge >= 0.3 is 39.5 Å². The van der Waals surface area contributed by atoms with Crippen LogP contribution in [-0.4, -0.2) is 96.7 Å². The van der Waals surface area contributed by atoms with E-state index in [1.54, 1.807) is 0 Å². The monoisotopic (exact) mass is 1250 g/mol. The first-order chi connectivity index (χ1) is 40.8. The molecule has 85 heavy (non-hydrogen) atoms. The van der Waals surface area contributed by atoms with Crippen LogP contribution in [0.1, 0.15) is 325 Å². The molecule has 0 aromatic carbocycles. The fourth-order valence-electron chi connectivity index (χ4n) is 9.80. The van der Waals surface area contributed by atoms with E-state index in [4.69, 9.17) is 37.0 Å². The smallest absolute Gasteiger partial charge is 0.462 e. The SMILES string of the molecule is CCCCCCCCCCC(=O)OC[C@H](COP(=O)(O)OC[C@H](O)COP(=O)(O)OC[C@@H](COC(=O)CCCCCCCCCC(C)C)OC(=O)CCCCCCCCCCCCCCCCC(C)C)OC(=O)CCCCCCCCC(C)CC.